The van der Waals surface area contributed by atoms with Crippen molar-refractivity contribution >= 4 is 56.4 Å². The van der Waals surface area contributed by atoms with Crippen molar-refractivity contribution in [3.05, 3.63) is 148 Å². The summed E-state index contributed by atoms with van der Waals surface area (Å²) in [7, 11) is -2.40. The van der Waals surface area contributed by atoms with Crippen LogP contribution < -0.4 is 14.9 Å². The minimum atomic E-state index is -4.44. The molecule has 0 spiro atoms. The summed E-state index contributed by atoms with van der Waals surface area (Å²) in [4.78, 5) is 32.5. The van der Waals surface area contributed by atoms with Crippen LogP contribution in [0.4, 0.5) is 17.1 Å². The quantitative estimate of drug-likeness (QED) is 0.0564. The summed E-state index contributed by atoms with van der Waals surface area (Å²) in [6, 6.07) is 36.5. The maximum absolute atomic E-state index is 13.4. The maximum atomic E-state index is 13.4. The summed E-state index contributed by atoms with van der Waals surface area (Å²) in [6.45, 7) is 11.2. The predicted octanol–water partition coefficient (Wildman–Crippen LogP) is 9.05. The molecule has 1 aliphatic heterocycles. The molecular formula is C45H51ClN6O5S2. The molecule has 0 radical (unpaired) electrons. The zero-order chi connectivity index (χ0) is 42.2. The van der Waals surface area contributed by atoms with Gasteiger partial charge in [0, 0.05) is 83.8 Å². The Morgan fingerprint density at radius 2 is 1.56 bits per heavy atom. The van der Waals surface area contributed by atoms with Crippen LogP contribution >= 0.6 is 23.4 Å². The molecule has 1 heterocycles. The number of thioether (sulfide) groups is 1. The number of halogens is 1. The molecule has 2 N–H and O–H groups in total. The van der Waals surface area contributed by atoms with Crippen molar-refractivity contribution in [2.75, 3.05) is 55.7 Å². The number of amides is 1. The molecule has 59 heavy (non-hydrogen) atoms. The lowest BCUT2D eigenvalue weighted by molar-refractivity contribution is -0.384. The second-order valence-electron chi connectivity index (χ2n) is 15.7. The van der Waals surface area contributed by atoms with Crippen LogP contribution in [0.1, 0.15) is 43.1 Å². The zero-order valence-corrected chi connectivity index (χ0v) is 36.2. The maximum Gasteiger partial charge on any atom is 0.293 e. The molecule has 1 fully saturated rings. The smallest absolute Gasteiger partial charge is 0.293 e. The Bertz CT molecular complexity index is 2320. The minimum absolute atomic E-state index is 0.0596. The monoisotopic (exact) mass is 854 g/mol. The van der Waals surface area contributed by atoms with Crippen LogP contribution in [-0.4, -0.2) is 86.2 Å². The number of hydrogen-bond acceptors (Lipinski definition) is 10. The van der Waals surface area contributed by atoms with Gasteiger partial charge in [-0.25, -0.2) is 13.1 Å². The molecule has 0 aliphatic carbocycles. The minimum Gasteiger partial charge on any atom is -0.376 e. The molecule has 1 amide bonds. The first kappa shape index (κ1) is 43.7. The van der Waals surface area contributed by atoms with Crippen molar-refractivity contribution < 1.29 is 18.1 Å². The number of carbonyl (C=O) groups is 1. The van der Waals surface area contributed by atoms with Gasteiger partial charge in [0.1, 0.15) is 5.69 Å². The van der Waals surface area contributed by atoms with Gasteiger partial charge in [0.2, 0.25) is 0 Å². The van der Waals surface area contributed by atoms with Gasteiger partial charge in [-0.15, -0.1) is 11.8 Å². The van der Waals surface area contributed by atoms with Gasteiger partial charge in [0.15, 0.2) is 0 Å². The molecule has 5 aromatic carbocycles. The van der Waals surface area contributed by atoms with E-state index in [0.717, 1.165) is 61.5 Å². The Balaban J connectivity index is 1.07. The van der Waals surface area contributed by atoms with Crippen LogP contribution in [0, 0.1) is 10.1 Å². The third-order valence-corrected chi connectivity index (χ3v) is 13.4. The number of nitrogens with zero attached hydrogens (tertiary/aromatic N) is 4. The first-order valence-corrected chi connectivity index (χ1v) is 22.4. The van der Waals surface area contributed by atoms with Gasteiger partial charge in [-0.3, -0.25) is 19.8 Å². The van der Waals surface area contributed by atoms with E-state index < -0.39 is 26.5 Å². The van der Waals surface area contributed by atoms with E-state index in [1.54, 1.807) is 23.9 Å². The van der Waals surface area contributed by atoms with Crippen molar-refractivity contribution in [1.29, 1.82) is 0 Å². The largest absolute Gasteiger partial charge is 0.376 e. The highest BCUT2D eigenvalue weighted by molar-refractivity contribution is 7.99. The lowest BCUT2D eigenvalue weighted by Gasteiger charge is -2.36. The fourth-order valence-electron chi connectivity index (χ4n) is 6.81. The van der Waals surface area contributed by atoms with Gasteiger partial charge in [-0.1, -0.05) is 66.2 Å². The Kier molecular flexibility index (Phi) is 14.4. The zero-order valence-electron chi connectivity index (χ0n) is 33.8. The van der Waals surface area contributed by atoms with Crippen LogP contribution in [0.5, 0.6) is 0 Å². The molecule has 14 heteroatoms. The molecule has 11 nitrogen and oxygen atoms in total. The van der Waals surface area contributed by atoms with Crippen molar-refractivity contribution in [2.24, 2.45) is 0 Å². The van der Waals surface area contributed by atoms with E-state index in [1.165, 1.54) is 23.3 Å². The van der Waals surface area contributed by atoms with Crippen molar-refractivity contribution in [1.82, 2.24) is 14.5 Å². The van der Waals surface area contributed by atoms with Crippen LogP contribution in [0.25, 0.3) is 11.1 Å². The molecule has 0 saturated carbocycles. The van der Waals surface area contributed by atoms with Gasteiger partial charge in [-0.05, 0) is 112 Å². The van der Waals surface area contributed by atoms with Gasteiger partial charge >= 0.3 is 0 Å². The number of benzene rings is 5. The lowest BCUT2D eigenvalue weighted by Crippen LogP contribution is -2.46. The standard InChI is InChI=1S/C45H51ClN6O5S2/c1-45(2,3)49(4)25-24-37(32-58-39-11-6-5-7-12-39)47-42-23-22-40(30-43(42)52(54)55)59(56,57)48-44(53)34-16-20-38(21-17-34)51-28-26-50(27-29-51)31-35-10-8-9-13-41(35)33-14-18-36(46)19-15-33/h5-23,30,37,47H,24-29,31-32H2,1-4H3,(H,48,53)/t37-/m1/s1. The number of piperazine rings is 1. The highest BCUT2D eigenvalue weighted by Gasteiger charge is 2.26. The molecule has 6 rings (SSSR count). The molecule has 5 aromatic rings. The Morgan fingerprint density at radius 3 is 2.22 bits per heavy atom. The molecule has 0 bridgehead atoms. The predicted molar refractivity (Wildman–Crippen MR) is 240 cm³/mol. The number of nitro benzene ring substituents is 1. The Hall–Kier alpha value is -4.92. The first-order chi connectivity index (χ1) is 28.2. The fraction of sp³-hybridized carbons (Fsp3) is 0.311. The topological polar surface area (TPSA) is 128 Å². The third kappa shape index (κ3) is 11.9. The molecular weight excluding hydrogens is 804 g/mol. The van der Waals surface area contributed by atoms with Crippen LogP contribution in [0.15, 0.2) is 131 Å². The number of anilines is 2. The number of carbonyl (C=O) groups excluding carboxylic acids is 1. The second-order valence-corrected chi connectivity index (χ2v) is 18.9. The van der Waals surface area contributed by atoms with Gasteiger partial charge in [0.25, 0.3) is 21.6 Å². The summed E-state index contributed by atoms with van der Waals surface area (Å²) in [5, 5.41) is 16.3. The van der Waals surface area contributed by atoms with Gasteiger partial charge in [-0.2, -0.15) is 0 Å². The van der Waals surface area contributed by atoms with Crippen LogP contribution in [0.3, 0.4) is 0 Å². The van der Waals surface area contributed by atoms with E-state index >= 15 is 0 Å². The molecule has 310 valence electrons. The number of nitro groups is 1. The van der Waals surface area contributed by atoms with Crippen LogP contribution in [0.2, 0.25) is 5.02 Å². The molecule has 0 unspecified atom stereocenters. The van der Waals surface area contributed by atoms with Crippen molar-refractivity contribution in [3.63, 3.8) is 0 Å². The fourth-order valence-corrected chi connectivity index (χ4v) is 8.92. The number of hydrogen-bond donors (Lipinski definition) is 2. The summed E-state index contributed by atoms with van der Waals surface area (Å²) in [5.74, 6) is -0.197. The first-order valence-electron chi connectivity index (χ1n) is 19.6. The van der Waals surface area contributed by atoms with Crippen LogP contribution in [-0.2, 0) is 16.6 Å². The van der Waals surface area contributed by atoms with E-state index in [4.69, 9.17) is 11.6 Å². The van der Waals surface area contributed by atoms with Gasteiger partial charge < -0.3 is 15.1 Å². The SMILES string of the molecule is CN(CC[C@H](CSc1ccccc1)Nc1ccc(S(=O)(=O)NC(=O)c2ccc(N3CCN(Cc4ccccc4-c4ccc(Cl)cc4)CC3)cc2)cc1[N+](=O)[O-])C(C)(C)C. The van der Waals surface area contributed by atoms with E-state index in [1.807, 2.05) is 79.8 Å². The van der Waals surface area contributed by atoms with E-state index in [-0.39, 0.29) is 27.7 Å². The number of nitrogens with one attached hydrogen (secondary N) is 2. The average molecular weight is 856 g/mol. The molecule has 1 saturated heterocycles. The van der Waals surface area contributed by atoms with E-state index in [0.29, 0.717) is 17.2 Å². The third-order valence-electron chi connectivity index (χ3n) is 10.6. The Morgan fingerprint density at radius 1 is 0.898 bits per heavy atom. The number of sulfonamides is 1. The highest BCUT2D eigenvalue weighted by atomic mass is 35.5. The normalized spacial score (nSPS) is 14.2. The molecule has 1 aliphatic rings. The summed E-state index contributed by atoms with van der Waals surface area (Å²) in [6.07, 6.45) is 0.691. The summed E-state index contributed by atoms with van der Waals surface area (Å²) in [5.41, 5.74) is 4.38. The van der Waals surface area contributed by atoms with Crippen molar-refractivity contribution in [2.45, 2.75) is 55.1 Å². The van der Waals surface area contributed by atoms with Crippen molar-refractivity contribution in [3.8, 4) is 11.1 Å². The Labute approximate surface area is 357 Å². The average Bonchev–Trinajstić information content (AvgIpc) is 3.22. The highest BCUT2D eigenvalue weighted by Crippen LogP contribution is 2.31. The van der Waals surface area contributed by atoms with E-state index in [9.17, 15) is 23.3 Å². The number of rotatable bonds is 16. The second kappa shape index (κ2) is 19.4. The summed E-state index contributed by atoms with van der Waals surface area (Å²) >= 11 is 7.76. The van der Waals surface area contributed by atoms with Gasteiger partial charge in [0.05, 0.1) is 9.82 Å². The molecule has 0 aromatic heterocycles. The van der Waals surface area contributed by atoms with E-state index in [2.05, 4.69) is 63.7 Å². The summed E-state index contributed by atoms with van der Waals surface area (Å²) < 4.78 is 29.0. The molecule has 1 atom stereocenters. The lowest BCUT2D eigenvalue weighted by atomic mass is 9.99.